The second-order valence-corrected chi connectivity index (χ2v) is 6.17. The van der Waals surface area contributed by atoms with Crippen molar-refractivity contribution in [3.63, 3.8) is 0 Å². The van der Waals surface area contributed by atoms with Gasteiger partial charge in [0.15, 0.2) is 11.5 Å². The van der Waals surface area contributed by atoms with Gasteiger partial charge in [0, 0.05) is 25.0 Å². The van der Waals surface area contributed by atoms with Gasteiger partial charge in [-0.2, -0.15) is 0 Å². The predicted octanol–water partition coefficient (Wildman–Crippen LogP) is 2.36. The molecule has 2 aliphatic rings. The minimum Gasteiger partial charge on any atom is -0.485 e. The lowest BCUT2D eigenvalue weighted by Crippen LogP contribution is -2.47. The highest BCUT2D eigenvalue weighted by Crippen LogP contribution is 2.34. The quantitative estimate of drug-likeness (QED) is 0.870. The number of fused-ring (bicyclic) bond motifs is 1. The monoisotopic (exact) mass is 312 g/mol. The smallest absolute Gasteiger partial charge is 0.267 e. The van der Waals surface area contributed by atoms with Gasteiger partial charge in [-0.1, -0.05) is 12.1 Å². The van der Waals surface area contributed by atoms with Gasteiger partial charge >= 0.3 is 0 Å². The van der Waals surface area contributed by atoms with Crippen molar-refractivity contribution in [2.45, 2.75) is 31.5 Å². The fraction of sp³-hybridized carbons (Fsp3) is 0.389. The van der Waals surface area contributed by atoms with Crippen LogP contribution in [-0.4, -0.2) is 34.1 Å². The van der Waals surface area contributed by atoms with Crippen molar-refractivity contribution in [3.8, 4) is 11.5 Å². The average molecular weight is 312 g/mol. The van der Waals surface area contributed by atoms with Gasteiger partial charge in [0.1, 0.15) is 6.61 Å². The van der Waals surface area contributed by atoms with Crippen molar-refractivity contribution in [3.05, 3.63) is 48.3 Å². The summed E-state index contributed by atoms with van der Waals surface area (Å²) in [6, 6.07) is 11.9. The largest absolute Gasteiger partial charge is 0.485 e. The van der Waals surface area contributed by atoms with Crippen LogP contribution in [0.15, 0.2) is 42.6 Å². The first-order chi connectivity index (χ1) is 11.2. The van der Waals surface area contributed by atoms with E-state index >= 15 is 0 Å². The fourth-order valence-corrected chi connectivity index (χ4v) is 2.93. The molecule has 1 aliphatic heterocycles. The summed E-state index contributed by atoms with van der Waals surface area (Å²) in [5.41, 5.74) is 1.13. The lowest BCUT2D eigenvalue weighted by molar-refractivity contribution is -0.142. The van der Waals surface area contributed by atoms with Crippen LogP contribution in [0.1, 0.15) is 18.5 Å². The number of carbonyl (C=O) groups excluding carboxylic acids is 1. The first kappa shape index (κ1) is 14.2. The fourth-order valence-electron chi connectivity index (χ4n) is 2.93. The molecule has 2 aromatic rings. The molecule has 0 unspecified atom stereocenters. The second-order valence-electron chi connectivity index (χ2n) is 6.17. The molecule has 23 heavy (non-hydrogen) atoms. The van der Waals surface area contributed by atoms with Gasteiger partial charge < -0.3 is 18.9 Å². The highest BCUT2D eigenvalue weighted by molar-refractivity contribution is 5.82. The maximum atomic E-state index is 12.9. The van der Waals surface area contributed by atoms with Crippen molar-refractivity contribution >= 4 is 5.91 Å². The number of nitrogens with zero attached hydrogens (tertiary/aromatic N) is 2. The summed E-state index contributed by atoms with van der Waals surface area (Å²) in [6.07, 6.45) is 3.58. The second kappa shape index (κ2) is 5.65. The molecule has 1 aromatic carbocycles. The van der Waals surface area contributed by atoms with Gasteiger partial charge in [-0.3, -0.25) is 4.79 Å². The minimum absolute atomic E-state index is 0.0169. The van der Waals surface area contributed by atoms with Crippen LogP contribution in [0.3, 0.4) is 0 Å². The summed E-state index contributed by atoms with van der Waals surface area (Å²) in [6.45, 7) is 0.890. The summed E-state index contributed by atoms with van der Waals surface area (Å²) in [7, 11) is 2.00. The molecule has 1 saturated carbocycles. The lowest BCUT2D eigenvalue weighted by atomic mass is 10.2. The van der Waals surface area contributed by atoms with E-state index in [4.69, 9.17) is 9.47 Å². The lowest BCUT2D eigenvalue weighted by Gasteiger charge is -2.31. The van der Waals surface area contributed by atoms with Crippen LogP contribution in [0.5, 0.6) is 11.5 Å². The van der Waals surface area contributed by atoms with Crippen LogP contribution < -0.4 is 9.47 Å². The van der Waals surface area contributed by atoms with E-state index in [1.165, 1.54) is 0 Å². The molecule has 0 saturated heterocycles. The van der Waals surface area contributed by atoms with Gasteiger partial charge in [-0.25, -0.2) is 0 Å². The first-order valence-electron chi connectivity index (χ1n) is 8.01. The molecule has 5 heteroatoms. The van der Waals surface area contributed by atoms with Crippen molar-refractivity contribution < 1.29 is 14.3 Å². The van der Waals surface area contributed by atoms with Gasteiger partial charge in [0.05, 0.1) is 6.54 Å². The summed E-state index contributed by atoms with van der Waals surface area (Å²) in [5.74, 6) is 1.37. The van der Waals surface area contributed by atoms with E-state index < -0.39 is 6.10 Å². The van der Waals surface area contributed by atoms with Crippen LogP contribution in [0.2, 0.25) is 0 Å². The summed E-state index contributed by atoms with van der Waals surface area (Å²) < 4.78 is 13.6. The SMILES string of the molecule is Cn1cccc1CN(C(=O)[C@@H]1COc2ccccc2O1)C1CC1. The molecule has 1 atom stereocenters. The zero-order valence-electron chi connectivity index (χ0n) is 13.1. The van der Waals surface area contributed by atoms with Crippen molar-refractivity contribution in [1.82, 2.24) is 9.47 Å². The molecule has 0 spiro atoms. The van der Waals surface area contributed by atoms with Crippen molar-refractivity contribution in [1.29, 1.82) is 0 Å². The van der Waals surface area contributed by atoms with Gasteiger partial charge in [-0.15, -0.1) is 0 Å². The third-order valence-corrected chi connectivity index (χ3v) is 4.44. The molecule has 1 amide bonds. The maximum Gasteiger partial charge on any atom is 0.267 e. The number of para-hydroxylation sites is 2. The third kappa shape index (κ3) is 2.79. The molecule has 0 bridgehead atoms. The maximum absolute atomic E-state index is 12.9. The minimum atomic E-state index is -0.564. The Bertz CT molecular complexity index is 721. The number of aryl methyl sites for hydroxylation is 1. The van der Waals surface area contributed by atoms with E-state index in [0.717, 1.165) is 18.5 Å². The zero-order valence-corrected chi connectivity index (χ0v) is 13.1. The molecule has 0 N–H and O–H groups in total. The molecule has 2 heterocycles. The van der Waals surface area contributed by atoms with E-state index in [2.05, 4.69) is 10.6 Å². The number of ether oxygens (including phenoxy) is 2. The number of rotatable bonds is 4. The summed E-state index contributed by atoms with van der Waals surface area (Å²) in [5, 5.41) is 0. The molecule has 5 nitrogen and oxygen atoms in total. The molecule has 4 rings (SSSR count). The molecular weight excluding hydrogens is 292 g/mol. The Morgan fingerprint density at radius 1 is 1.22 bits per heavy atom. The molecule has 1 fully saturated rings. The molecular formula is C18H20N2O3. The standard InChI is InChI=1S/C18H20N2O3/c1-19-10-4-5-14(19)11-20(13-8-9-13)18(21)17-12-22-15-6-2-3-7-16(15)23-17/h2-7,10,13,17H,8-9,11-12H2,1H3/t17-/m0/s1. The number of aromatic nitrogens is 1. The number of hydrogen-bond donors (Lipinski definition) is 0. The third-order valence-electron chi connectivity index (χ3n) is 4.44. The highest BCUT2D eigenvalue weighted by atomic mass is 16.6. The number of carbonyl (C=O) groups is 1. The topological polar surface area (TPSA) is 43.7 Å². The average Bonchev–Trinajstić information content (AvgIpc) is 3.34. The summed E-state index contributed by atoms with van der Waals surface area (Å²) >= 11 is 0. The zero-order chi connectivity index (χ0) is 15.8. The number of benzene rings is 1. The molecule has 120 valence electrons. The Morgan fingerprint density at radius 3 is 2.70 bits per heavy atom. The Balaban J connectivity index is 1.51. The molecule has 1 aliphatic carbocycles. The van der Waals surface area contributed by atoms with E-state index in [-0.39, 0.29) is 12.5 Å². The number of amides is 1. The van der Waals surface area contributed by atoms with Crippen LogP contribution in [0.4, 0.5) is 0 Å². The Kier molecular flexibility index (Phi) is 3.48. The van der Waals surface area contributed by atoms with Crippen LogP contribution in [0, 0.1) is 0 Å². The Hall–Kier alpha value is -2.43. The van der Waals surface area contributed by atoms with Crippen molar-refractivity contribution in [2.75, 3.05) is 6.61 Å². The summed E-state index contributed by atoms with van der Waals surface area (Å²) in [4.78, 5) is 14.9. The highest BCUT2D eigenvalue weighted by Gasteiger charge is 2.38. The Morgan fingerprint density at radius 2 is 2.00 bits per heavy atom. The van der Waals surface area contributed by atoms with Crippen LogP contribution in [-0.2, 0) is 18.4 Å². The van der Waals surface area contributed by atoms with E-state index in [1.54, 1.807) is 0 Å². The number of hydrogen-bond acceptors (Lipinski definition) is 3. The van der Waals surface area contributed by atoms with Crippen molar-refractivity contribution in [2.24, 2.45) is 7.05 Å². The van der Waals surface area contributed by atoms with E-state index in [0.29, 0.717) is 24.1 Å². The van der Waals surface area contributed by atoms with E-state index in [1.807, 2.05) is 48.5 Å². The van der Waals surface area contributed by atoms with E-state index in [9.17, 15) is 4.79 Å². The predicted molar refractivity (Wildman–Crippen MR) is 85.3 cm³/mol. The molecule has 1 aromatic heterocycles. The first-order valence-corrected chi connectivity index (χ1v) is 8.01. The Labute approximate surface area is 135 Å². The van der Waals surface area contributed by atoms with Crippen LogP contribution in [0.25, 0.3) is 0 Å². The van der Waals surface area contributed by atoms with Gasteiger partial charge in [-0.05, 0) is 37.1 Å². The molecule has 0 radical (unpaired) electrons. The normalized spacial score (nSPS) is 19.4. The van der Waals surface area contributed by atoms with Gasteiger partial charge in [0.2, 0.25) is 6.10 Å². The van der Waals surface area contributed by atoms with Crippen LogP contribution >= 0.6 is 0 Å². The van der Waals surface area contributed by atoms with Gasteiger partial charge in [0.25, 0.3) is 5.91 Å².